The van der Waals surface area contributed by atoms with Gasteiger partial charge < -0.3 is 9.62 Å². The standard InChI is InChI=1S/C10H10O4/c1-12-10(11)8-2-3-9-7(6-8)4-5-13-14-9/h2-3,6H,4-5H2,1H3. The monoisotopic (exact) mass is 194 g/mol. The molecule has 1 aromatic rings. The van der Waals surface area contributed by atoms with E-state index >= 15 is 0 Å². The van der Waals surface area contributed by atoms with Crippen LogP contribution in [0.1, 0.15) is 15.9 Å². The largest absolute Gasteiger partial charge is 0.465 e. The molecule has 0 bridgehead atoms. The Morgan fingerprint density at radius 1 is 1.50 bits per heavy atom. The Morgan fingerprint density at radius 2 is 2.36 bits per heavy atom. The molecule has 1 aliphatic rings. The van der Waals surface area contributed by atoms with Crippen molar-refractivity contribution < 1.29 is 19.3 Å². The van der Waals surface area contributed by atoms with E-state index in [1.807, 2.05) is 0 Å². The van der Waals surface area contributed by atoms with Crippen molar-refractivity contribution in [3.8, 4) is 5.75 Å². The van der Waals surface area contributed by atoms with E-state index < -0.39 is 0 Å². The molecule has 4 heteroatoms. The molecule has 0 N–H and O–H groups in total. The van der Waals surface area contributed by atoms with Crippen LogP contribution in [0.3, 0.4) is 0 Å². The fraction of sp³-hybridized carbons (Fsp3) is 0.300. The van der Waals surface area contributed by atoms with Gasteiger partial charge in [0.05, 0.1) is 19.3 Å². The van der Waals surface area contributed by atoms with Crippen LogP contribution in [0.4, 0.5) is 0 Å². The summed E-state index contributed by atoms with van der Waals surface area (Å²) in [6.45, 7) is 0.512. The number of rotatable bonds is 1. The summed E-state index contributed by atoms with van der Waals surface area (Å²) in [5.74, 6) is 0.336. The van der Waals surface area contributed by atoms with Crippen LogP contribution in [0.25, 0.3) is 0 Å². The van der Waals surface area contributed by atoms with Crippen LogP contribution in [0.15, 0.2) is 18.2 Å². The van der Waals surface area contributed by atoms with Gasteiger partial charge in [-0.25, -0.2) is 4.79 Å². The fourth-order valence-electron chi connectivity index (χ4n) is 1.36. The predicted molar refractivity (Wildman–Crippen MR) is 48.1 cm³/mol. The molecule has 0 radical (unpaired) electrons. The quantitative estimate of drug-likeness (QED) is 0.500. The van der Waals surface area contributed by atoms with Crippen molar-refractivity contribution in [1.29, 1.82) is 0 Å². The molecule has 4 nitrogen and oxygen atoms in total. The van der Waals surface area contributed by atoms with Gasteiger partial charge >= 0.3 is 5.97 Å². The van der Waals surface area contributed by atoms with Crippen molar-refractivity contribution in [2.24, 2.45) is 0 Å². The molecule has 0 aromatic heterocycles. The molecule has 0 spiro atoms. The molecule has 0 aliphatic carbocycles. The molecule has 74 valence electrons. The number of ether oxygens (including phenoxy) is 1. The highest BCUT2D eigenvalue weighted by Gasteiger charge is 2.14. The third-order valence-electron chi connectivity index (χ3n) is 2.09. The van der Waals surface area contributed by atoms with Crippen molar-refractivity contribution in [2.45, 2.75) is 6.42 Å². The molecule has 1 aliphatic heterocycles. The average Bonchev–Trinajstić information content (AvgIpc) is 2.27. The maximum atomic E-state index is 11.2. The smallest absolute Gasteiger partial charge is 0.337 e. The highest BCUT2D eigenvalue weighted by Crippen LogP contribution is 2.24. The van der Waals surface area contributed by atoms with Crippen LogP contribution < -0.4 is 4.89 Å². The predicted octanol–water partition coefficient (Wildman–Crippen LogP) is 1.34. The van der Waals surface area contributed by atoms with Crippen molar-refractivity contribution in [1.82, 2.24) is 0 Å². The van der Waals surface area contributed by atoms with Gasteiger partial charge in [-0.2, -0.15) is 4.89 Å². The van der Waals surface area contributed by atoms with Crippen LogP contribution in [-0.2, 0) is 16.0 Å². The Bertz CT molecular complexity index is 359. The van der Waals surface area contributed by atoms with Gasteiger partial charge in [0.25, 0.3) is 0 Å². The molecule has 0 saturated carbocycles. The minimum atomic E-state index is -0.334. The number of fused-ring (bicyclic) bond motifs is 1. The molecule has 1 heterocycles. The van der Waals surface area contributed by atoms with Crippen LogP contribution in [0.5, 0.6) is 5.75 Å². The number of carbonyl (C=O) groups is 1. The third-order valence-corrected chi connectivity index (χ3v) is 2.09. The summed E-state index contributed by atoms with van der Waals surface area (Å²) in [6.07, 6.45) is 0.750. The lowest BCUT2D eigenvalue weighted by atomic mass is 10.1. The Kier molecular flexibility index (Phi) is 2.37. The molecular weight excluding hydrogens is 184 g/mol. The van der Waals surface area contributed by atoms with Gasteiger partial charge in [-0.15, -0.1) is 0 Å². The van der Waals surface area contributed by atoms with Crippen molar-refractivity contribution in [3.05, 3.63) is 29.3 Å². The number of carbonyl (C=O) groups excluding carboxylic acids is 1. The Morgan fingerprint density at radius 3 is 3.14 bits per heavy atom. The summed E-state index contributed by atoms with van der Waals surface area (Å²) in [6, 6.07) is 5.13. The molecule has 2 rings (SSSR count). The Labute approximate surface area is 81.3 Å². The second-order valence-electron chi connectivity index (χ2n) is 2.97. The van der Waals surface area contributed by atoms with Crippen molar-refractivity contribution in [2.75, 3.05) is 13.7 Å². The third kappa shape index (κ3) is 1.56. The lowest BCUT2D eigenvalue weighted by Crippen LogP contribution is -2.12. The van der Waals surface area contributed by atoms with E-state index in [4.69, 9.17) is 9.78 Å². The Balaban J connectivity index is 2.33. The number of esters is 1. The van der Waals surface area contributed by atoms with Gasteiger partial charge in [-0.3, -0.25) is 0 Å². The van der Waals surface area contributed by atoms with E-state index in [0.29, 0.717) is 17.9 Å². The average molecular weight is 194 g/mol. The van der Waals surface area contributed by atoms with Crippen molar-refractivity contribution >= 4 is 5.97 Å². The topological polar surface area (TPSA) is 44.8 Å². The second-order valence-corrected chi connectivity index (χ2v) is 2.97. The van der Waals surface area contributed by atoms with Crippen LogP contribution in [-0.4, -0.2) is 19.7 Å². The van der Waals surface area contributed by atoms with E-state index in [-0.39, 0.29) is 5.97 Å². The lowest BCUT2D eigenvalue weighted by molar-refractivity contribution is -0.215. The van der Waals surface area contributed by atoms with Gasteiger partial charge in [-0.05, 0) is 18.2 Å². The first-order valence-electron chi connectivity index (χ1n) is 4.32. The molecule has 14 heavy (non-hydrogen) atoms. The van der Waals surface area contributed by atoms with E-state index in [2.05, 4.69) is 4.74 Å². The number of hydrogen-bond donors (Lipinski definition) is 0. The van der Waals surface area contributed by atoms with Gasteiger partial charge in [-0.1, -0.05) is 0 Å². The minimum Gasteiger partial charge on any atom is -0.465 e. The number of benzene rings is 1. The first-order chi connectivity index (χ1) is 6.81. The van der Waals surface area contributed by atoms with Crippen LogP contribution in [0.2, 0.25) is 0 Å². The van der Waals surface area contributed by atoms with E-state index in [1.54, 1.807) is 18.2 Å². The highest BCUT2D eigenvalue weighted by molar-refractivity contribution is 5.89. The summed E-state index contributed by atoms with van der Waals surface area (Å²) in [5, 5.41) is 0. The lowest BCUT2D eigenvalue weighted by Gasteiger charge is -2.15. The second kappa shape index (κ2) is 3.67. The van der Waals surface area contributed by atoms with Gasteiger partial charge in [0.1, 0.15) is 0 Å². The maximum Gasteiger partial charge on any atom is 0.337 e. The summed E-state index contributed by atoms with van der Waals surface area (Å²) in [7, 11) is 1.36. The van der Waals surface area contributed by atoms with Gasteiger partial charge in [0.15, 0.2) is 5.75 Å². The minimum absolute atomic E-state index is 0.334. The van der Waals surface area contributed by atoms with Crippen molar-refractivity contribution in [3.63, 3.8) is 0 Å². The highest BCUT2D eigenvalue weighted by atomic mass is 17.2. The van der Waals surface area contributed by atoms with Gasteiger partial charge in [0, 0.05) is 12.0 Å². The SMILES string of the molecule is COC(=O)c1ccc2c(c1)CCOO2. The normalized spacial score (nSPS) is 14.1. The van der Waals surface area contributed by atoms with Crippen LogP contribution >= 0.6 is 0 Å². The fourth-order valence-corrected chi connectivity index (χ4v) is 1.36. The van der Waals surface area contributed by atoms with Gasteiger partial charge in [0.2, 0.25) is 0 Å². The van der Waals surface area contributed by atoms with E-state index in [0.717, 1.165) is 12.0 Å². The molecule has 0 amide bonds. The zero-order valence-electron chi connectivity index (χ0n) is 7.78. The molecule has 1 aromatic carbocycles. The summed E-state index contributed by atoms with van der Waals surface area (Å²) >= 11 is 0. The van der Waals surface area contributed by atoms with E-state index in [1.165, 1.54) is 7.11 Å². The summed E-state index contributed by atoms with van der Waals surface area (Å²) in [4.78, 5) is 21.0. The molecule has 0 saturated heterocycles. The van der Waals surface area contributed by atoms with Crippen LogP contribution in [0, 0.1) is 0 Å². The molecule has 0 fully saturated rings. The van der Waals surface area contributed by atoms with E-state index in [9.17, 15) is 4.79 Å². The number of hydrogen-bond acceptors (Lipinski definition) is 4. The summed E-state index contributed by atoms with van der Waals surface area (Å²) in [5.41, 5.74) is 1.51. The zero-order chi connectivity index (χ0) is 9.97. The molecular formula is C10H10O4. The number of methoxy groups -OCH3 is 1. The summed E-state index contributed by atoms with van der Waals surface area (Å²) < 4.78 is 4.62. The first kappa shape index (κ1) is 9.02. The zero-order valence-corrected chi connectivity index (χ0v) is 7.78. The maximum absolute atomic E-state index is 11.2. The molecule has 0 unspecified atom stereocenters. The Hall–Kier alpha value is -1.55. The first-order valence-corrected chi connectivity index (χ1v) is 4.32. The molecule has 0 atom stereocenters.